The van der Waals surface area contributed by atoms with E-state index in [-0.39, 0.29) is 6.04 Å². The number of rotatable bonds is 3. The highest BCUT2D eigenvalue weighted by Gasteiger charge is 2.28. The third-order valence-corrected chi connectivity index (χ3v) is 4.72. The molecule has 140 valence electrons. The summed E-state index contributed by atoms with van der Waals surface area (Å²) >= 11 is 0. The fourth-order valence-electron chi connectivity index (χ4n) is 3.34. The molecule has 0 radical (unpaired) electrons. The number of morpholine rings is 1. The van der Waals surface area contributed by atoms with Gasteiger partial charge in [0.15, 0.2) is 0 Å². The molecule has 2 amide bonds. The maximum Gasteiger partial charge on any atom is 0.313 e. The summed E-state index contributed by atoms with van der Waals surface area (Å²) in [5, 5.41) is 5.48. The highest BCUT2D eigenvalue weighted by Crippen LogP contribution is 2.31. The third kappa shape index (κ3) is 3.73. The minimum Gasteiger partial charge on any atom is -0.491 e. The molecule has 1 saturated heterocycles. The van der Waals surface area contributed by atoms with Crippen LogP contribution in [-0.2, 0) is 14.3 Å². The molecule has 0 aromatic heterocycles. The van der Waals surface area contributed by atoms with Gasteiger partial charge < -0.3 is 25.0 Å². The van der Waals surface area contributed by atoms with Crippen LogP contribution in [0.4, 0.5) is 11.4 Å². The lowest BCUT2D eigenvalue weighted by atomic mass is 10.1. The SMILES string of the molecule is O=C(Nc1ccccc1N1CCOCC1)C(=O)NC1COc2ccccc21. The van der Waals surface area contributed by atoms with E-state index < -0.39 is 11.8 Å². The van der Waals surface area contributed by atoms with Gasteiger partial charge in [-0.15, -0.1) is 0 Å². The van der Waals surface area contributed by atoms with Crippen molar-refractivity contribution in [1.82, 2.24) is 5.32 Å². The van der Waals surface area contributed by atoms with Crippen LogP contribution in [-0.4, -0.2) is 44.7 Å². The molecule has 2 aromatic rings. The van der Waals surface area contributed by atoms with Gasteiger partial charge in [-0.3, -0.25) is 9.59 Å². The molecule has 0 bridgehead atoms. The van der Waals surface area contributed by atoms with E-state index in [0.29, 0.717) is 25.5 Å². The summed E-state index contributed by atoms with van der Waals surface area (Å²) in [7, 11) is 0. The average Bonchev–Trinajstić information content (AvgIpc) is 3.12. The van der Waals surface area contributed by atoms with Crippen LogP contribution in [0.3, 0.4) is 0 Å². The normalized spacial score (nSPS) is 18.4. The largest absolute Gasteiger partial charge is 0.491 e. The summed E-state index contributed by atoms with van der Waals surface area (Å²) in [5.41, 5.74) is 2.38. The van der Waals surface area contributed by atoms with Gasteiger partial charge in [0, 0.05) is 18.7 Å². The van der Waals surface area contributed by atoms with Crippen molar-refractivity contribution in [2.24, 2.45) is 0 Å². The Balaban J connectivity index is 1.43. The van der Waals surface area contributed by atoms with Crippen LogP contribution >= 0.6 is 0 Å². The zero-order valence-corrected chi connectivity index (χ0v) is 14.8. The molecule has 0 saturated carbocycles. The molecule has 1 atom stereocenters. The lowest BCUT2D eigenvalue weighted by Gasteiger charge is -2.30. The van der Waals surface area contributed by atoms with Crippen LogP contribution in [0, 0.1) is 0 Å². The van der Waals surface area contributed by atoms with Gasteiger partial charge in [-0.1, -0.05) is 30.3 Å². The maximum absolute atomic E-state index is 12.4. The van der Waals surface area contributed by atoms with Gasteiger partial charge in [-0.05, 0) is 18.2 Å². The number of carbonyl (C=O) groups is 2. The Bertz CT molecular complexity index is 849. The second-order valence-corrected chi connectivity index (χ2v) is 6.45. The van der Waals surface area contributed by atoms with Crippen molar-refractivity contribution in [3.63, 3.8) is 0 Å². The zero-order valence-electron chi connectivity index (χ0n) is 14.8. The number of carbonyl (C=O) groups excluding carboxylic acids is 2. The van der Waals surface area contributed by atoms with Crippen LogP contribution in [0.2, 0.25) is 0 Å². The molecule has 1 fully saturated rings. The van der Waals surface area contributed by atoms with E-state index in [4.69, 9.17) is 9.47 Å². The van der Waals surface area contributed by atoms with Crippen LogP contribution in [0.1, 0.15) is 11.6 Å². The van der Waals surface area contributed by atoms with Gasteiger partial charge in [0.1, 0.15) is 12.4 Å². The summed E-state index contributed by atoms with van der Waals surface area (Å²) in [6, 6.07) is 14.6. The van der Waals surface area contributed by atoms with E-state index in [2.05, 4.69) is 15.5 Å². The monoisotopic (exact) mass is 367 g/mol. The Hall–Kier alpha value is -3.06. The first-order chi connectivity index (χ1) is 13.2. The molecule has 2 aliphatic heterocycles. The lowest BCUT2D eigenvalue weighted by molar-refractivity contribution is -0.136. The van der Waals surface area contributed by atoms with Gasteiger partial charge >= 0.3 is 11.8 Å². The second-order valence-electron chi connectivity index (χ2n) is 6.45. The van der Waals surface area contributed by atoms with E-state index in [1.165, 1.54) is 0 Å². The third-order valence-electron chi connectivity index (χ3n) is 4.72. The van der Waals surface area contributed by atoms with Gasteiger partial charge in [0.2, 0.25) is 0 Å². The predicted molar refractivity (Wildman–Crippen MR) is 101 cm³/mol. The van der Waals surface area contributed by atoms with E-state index in [1.807, 2.05) is 42.5 Å². The number of para-hydroxylation sites is 3. The van der Waals surface area contributed by atoms with Gasteiger partial charge in [-0.2, -0.15) is 0 Å². The standard InChI is InChI=1S/C20H21N3O4/c24-19(20(25)22-16-13-27-18-8-4-1-5-14(16)18)21-15-6-2-3-7-17(15)23-9-11-26-12-10-23/h1-8,16H,9-13H2,(H,21,24)(H,22,25). The summed E-state index contributed by atoms with van der Waals surface area (Å²) in [5.74, 6) is -0.641. The predicted octanol–water partition coefficient (Wildman–Crippen LogP) is 1.71. The number of anilines is 2. The molecule has 2 aromatic carbocycles. The minimum absolute atomic E-state index is 0.322. The lowest BCUT2D eigenvalue weighted by Crippen LogP contribution is -2.39. The average molecular weight is 367 g/mol. The highest BCUT2D eigenvalue weighted by atomic mass is 16.5. The molecule has 0 aliphatic carbocycles. The number of hydrogen-bond acceptors (Lipinski definition) is 5. The number of hydrogen-bond donors (Lipinski definition) is 2. The Morgan fingerprint density at radius 1 is 0.963 bits per heavy atom. The first-order valence-electron chi connectivity index (χ1n) is 8.97. The van der Waals surface area contributed by atoms with Gasteiger partial charge in [0.25, 0.3) is 0 Å². The van der Waals surface area contributed by atoms with Crippen molar-refractivity contribution in [2.45, 2.75) is 6.04 Å². The van der Waals surface area contributed by atoms with Crippen LogP contribution in [0.5, 0.6) is 5.75 Å². The molecule has 0 spiro atoms. The molecule has 7 nitrogen and oxygen atoms in total. The Morgan fingerprint density at radius 3 is 2.56 bits per heavy atom. The number of benzene rings is 2. The number of amides is 2. The van der Waals surface area contributed by atoms with Crippen molar-refractivity contribution in [3.8, 4) is 5.75 Å². The van der Waals surface area contributed by atoms with Crippen LogP contribution in [0.15, 0.2) is 48.5 Å². The number of fused-ring (bicyclic) bond motifs is 1. The van der Waals surface area contributed by atoms with Crippen molar-refractivity contribution < 1.29 is 19.1 Å². The van der Waals surface area contributed by atoms with E-state index in [1.54, 1.807) is 6.07 Å². The van der Waals surface area contributed by atoms with Crippen molar-refractivity contribution in [2.75, 3.05) is 43.1 Å². The molecule has 27 heavy (non-hydrogen) atoms. The molecule has 2 N–H and O–H groups in total. The number of nitrogens with one attached hydrogen (secondary N) is 2. The minimum atomic E-state index is -0.694. The van der Waals surface area contributed by atoms with E-state index in [9.17, 15) is 9.59 Å². The fraction of sp³-hybridized carbons (Fsp3) is 0.300. The van der Waals surface area contributed by atoms with Gasteiger partial charge in [-0.25, -0.2) is 0 Å². The van der Waals surface area contributed by atoms with Crippen LogP contribution < -0.4 is 20.3 Å². The first kappa shape index (κ1) is 17.4. The van der Waals surface area contributed by atoms with Gasteiger partial charge in [0.05, 0.1) is 30.6 Å². The number of nitrogens with zero attached hydrogens (tertiary/aromatic N) is 1. The number of ether oxygens (including phenoxy) is 2. The molecule has 2 heterocycles. The van der Waals surface area contributed by atoms with E-state index in [0.717, 1.165) is 30.1 Å². The molecule has 1 unspecified atom stereocenters. The van der Waals surface area contributed by atoms with Crippen molar-refractivity contribution in [3.05, 3.63) is 54.1 Å². The quantitative estimate of drug-likeness (QED) is 0.808. The molecular formula is C20H21N3O4. The summed E-state index contributed by atoms with van der Waals surface area (Å²) in [4.78, 5) is 27.0. The van der Waals surface area contributed by atoms with Crippen molar-refractivity contribution >= 4 is 23.2 Å². The highest BCUT2D eigenvalue weighted by molar-refractivity contribution is 6.40. The van der Waals surface area contributed by atoms with E-state index >= 15 is 0 Å². The Labute approximate surface area is 157 Å². The van der Waals surface area contributed by atoms with Crippen molar-refractivity contribution in [1.29, 1.82) is 0 Å². The Morgan fingerprint density at radius 2 is 1.70 bits per heavy atom. The maximum atomic E-state index is 12.4. The summed E-state index contributed by atoms with van der Waals surface area (Å²) in [6.07, 6.45) is 0. The Kier molecular flexibility index (Phi) is 4.93. The fourth-order valence-corrected chi connectivity index (χ4v) is 3.34. The van der Waals surface area contributed by atoms with Crippen LogP contribution in [0.25, 0.3) is 0 Å². The smallest absolute Gasteiger partial charge is 0.313 e. The molecule has 2 aliphatic rings. The molecule has 4 rings (SSSR count). The molecule has 7 heteroatoms. The summed E-state index contributed by atoms with van der Waals surface area (Å²) in [6.45, 7) is 3.10. The molecular weight excluding hydrogens is 346 g/mol. The second kappa shape index (κ2) is 7.67. The topological polar surface area (TPSA) is 79.9 Å². The summed E-state index contributed by atoms with van der Waals surface area (Å²) < 4.78 is 10.9. The first-order valence-corrected chi connectivity index (χ1v) is 8.97. The zero-order chi connectivity index (χ0) is 18.6.